The molecule has 10 heteroatoms. The van der Waals surface area contributed by atoms with Crippen molar-refractivity contribution in [1.29, 1.82) is 0 Å². The van der Waals surface area contributed by atoms with E-state index < -0.39 is 0 Å². The molecule has 2 N–H and O–H groups in total. The number of rotatable bonds is 9. The average molecular weight is 442 g/mol. The number of hydrogen-bond acceptors (Lipinski definition) is 8. The van der Waals surface area contributed by atoms with Crippen molar-refractivity contribution in [3.63, 3.8) is 0 Å². The molecule has 6 aliphatic rings. The lowest BCUT2D eigenvalue weighted by Gasteiger charge is -2.18. The van der Waals surface area contributed by atoms with Crippen LogP contribution in [0.1, 0.15) is 0 Å². The van der Waals surface area contributed by atoms with Crippen LogP contribution in [0.4, 0.5) is 0 Å². The largest absolute Gasteiger partial charge is 0.365 e. The van der Waals surface area contributed by atoms with Gasteiger partial charge in [-0.2, -0.15) is 0 Å². The predicted octanol–water partition coefficient (Wildman–Crippen LogP) is -1.96. The lowest BCUT2D eigenvalue weighted by atomic mass is 9.85. The highest BCUT2D eigenvalue weighted by Gasteiger charge is 2.61. The van der Waals surface area contributed by atoms with Gasteiger partial charge in [0.15, 0.2) is 0 Å². The summed E-state index contributed by atoms with van der Waals surface area (Å²) in [6.07, 6.45) is 6.52. The maximum absolute atomic E-state index is 12.6. The first-order chi connectivity index (χ1) is 15.6. The zero-order chi connectivity index (χ0) is 22.0. The highest BCUT2D eigenvalue weighted by molar-refractivity contribution is 6.07. The van der Waals surface area contributed by atoms with Crippen molar-refractivity contribution < 1.29 is 28.7 Å². The van der Waals surface area contributed by atoms with E-state index in [1.807, 2.05) is 24.3 Å². The van der Waals surface area contributed by atoms with Gasteiger partial charge in [-0.25, -0.2) is 0 Å². The van der Waals surface area contributed by atoms with Gasteiger partial charge in [-0.1, -0.05) is 24.3 Å². The van der Waals surface area contributed by atoms with E-state index >= 15 is 0 Å². The molecule has 0 saturated carbocycles. The second-order valence-electron chi connectivity index (χ2n) is 9.16. The first-order valence-corrected chi connectivity index (χ1v) is 11.4. The van der Waals surface area contributed by atoms with Crippen molar-refractivity contribution in [1.82, 2.24) is 20.4 Å². The molecule has 0 aromatic heterocycles. The molecule has 0 spiro atoms. The van der Waals surface area contributed by atoms with Crippen LogP contribution in [0, 0.1) is 23.7 Å². The van der Waals surface area contributed by atoms with E-state index in [1.54, 1.807) is 0 Å². The van der Waals surface area contributed by atoms with Crippen molar-refractivity contribution in [3.8, 4) is 0 Å². The fraction of sp³-hybridized carbons (Fsp3) is 0.636. The van der Waals surface area contributed by atoms with Gasteiger partial charge >= 0.3 is 0 Å². The minimum Gasteiger partial charge on any atom is -0.365 e. The molecule has 8 atom stereocenters. The Labute approximate surface area is 184 Å². The van der Waals surface area contributed by atoms with Crippen LogP contribution >= 0.6 is 0 Å². The number of nitrogens with zero attached hydrogens (tertiary/aromatic N) is 2. The minimum atomic E-state index is -0.354. The van der Waals surface area contributed by atoms with Crippen LogP contribution in [-0.2, 0) is 28.7 Å². The third kappa shape index (κ3) is 2.86. The standard InChI is InChI=1S/C22H26N4O6/c27-19-15-11-1-2-12(31-11)16(15)20(28)25(19)9-7-23-5-6-24-8-10-26-21(29)17-13-3-4-14(32-13)18(17)22(26)30/h1-4,11-18,23-24H,5-10H2. The fourth-order valence-electron chi connectivity index (χ4n) is 5.98. The van der Waals surface area contributed by atoms with Crippen LogP contribution in [0.5, 0.6) is 0 Å². The minimum absolute atomic E-state index is 0.129. The number of amides is 4. The quantitative estimate of drug-likeness (QED) is 0.240. The van der Waals surface area contributed by atoms with Gasteiger partial charge in [-0.05, 0) is 0 Å². The molecule has 0 aromatic carbocycles. The molecule has 10 nitrogen and oxygen atoms in total. The number of nitrogens with one attached hydrogen (secondary N) is 2. The molecule has 4 bridgehead atoms. The van der Waals surface area contributed by atoms with E-state index in [-0.39, 0.29) is 71.7 Å². The third-order valence-corrected chi connectivity index (χ3v) is 7.51. The second kappa shape index (κ2) is 7.58. The van der Waals surface area contributed by atoms with Crippen molar-refractivity contribution in [2.75, 3.05) is 39.3 Å². The fourth-order valence-corrected chi connectivity index (χ4v) is 5.98. The van der Waals surface area contributed by atoms with Crippen molar-refractivity contribution >= 4 is 23.6 Å². The molecule has 4 saturated heterocycles. The maximum Gasteiger partial charge on any atom is 0.236 e. The Kier molecular flexibility index (Phi) is 4.79. The Hall–Kier alpha value is -2.40. The number of carbonyl (C=O) groups excluding carboxylic acids is 4. The second-order valence-corrected chi connectivity index (χ2v) is 9.16. The van der Waals surface area contributed by atoms with Gasteiger partial charge in [0.2, 0.25) is 23.6 Å². The third-order valence-electron chi connectivity index (χ3n) is 7.51. The van der Waals surface area contributed by atoms with Gasteiger partial charge in [-0.3, -0.25) is 29.0 Å². The molecule has 6 heterocycles. The van der Waals surface area contributed by atoms with E-state index in [1.165, 1.54) is 9.80 Å². The summed E-state index contributed by atoms with van der Waals surface area (Å²) in [6, 6.07) is 0. The summed E-state index contributed by atoms with van der Waals surface area (Å²) in [7, 11) is 0. The summed E-state index contributed by atoms with van der Waals surface area (Å²) in [5.41, 5.74) is 0. The average Bonchev–Trinajstić information content (AvgIpc) is 3.61. The molecule has 6 rings (SSSR count). The molecule has 0 aromatic rings. The molecule has 4 fully saturated rings. The molecular weight excluding hydrogens is 416 g/mol. The molecular formula is C22H26N4O6. The normalized spacial score (nSPS) is 40.5. The first kappa shape index (κ1) is 20.2. The van der Waals surface area contributed by atoms with Crippen molar-refractivity contribution in [3.05, 3.63) is 24.3 Å². The van der Waals surface area contributed by atoms with Crippen LogP contribution in [0.15, 0.2) is 24.3 Å². The van der Waals surface area contributed by atoms with Gasteiger partial charge in [0, 0.05) is 39.3 Å². The summed E-state index contributed by atoms with van der Waals surface area (Å²) in [4.78, 5) is 53.0. The lowest BCUT2D eigenvalue weighted by molar-refractivity contribution is -0.143. The first-order valence-electron chi connectivity index (χ1n) is 11.4. The number of imide groups is 2. The number of likely N-dealkylation sites (tertiary alicyclic amines) is 2. The zero-order valence-electron chi connectivity index (χ0n) is 17.5. The summed E-state index contributed by atoms with van der Waals surface area (Å²) in [5.74, 6) is -1.93. The topological polar surface area (TPSA) is 117 Å². The molecule has 32 heavy (non-hydrogen) atoms. The number of carbonyl (C=O) groups is 4. The number of ether oxygens (including phenoxy) is 2. The Morgan fingerprint density at radius 1 is 0.562 bits per heavy atom. The van der Waals surface area contributed by atoms with Gasteiger partial charge in [0.25, 0.3) is 0 Å². The Morgan fingerprint density at radius 3 is 1.19 bits per heavy atom. The molecule has 6 aliphatic heterocycles. The Morgan fingerprint density at radius 2 is 0.875 bits per heavy atom. The number of fused-ring (bicyclic) bond motifs is 10. The van der Waals surface area contributed by atoms with Crippen LogP contribution in [-0.4, -0.2) is 97.1 Å². The SMILES string of the molecule is O=C1C2C3C=CC(O3)C2C(=O)N1CCNCCNCCN1C(=O)C2C3C=CC(O3)C2C1=O. The van der Waals surface area contributed by atoms with Gasteiger partial charge in [0.05, 0.1) is 48.1 Å². The molecule has 0 aliphatic carbocycles. The Balaban J connectivity index is 0.881. The van der Waals surface area contributed by atoms with Crippen LogP contribution in [0.2, 0.25) is 0 Å². The van der Waals surface area contributed by atoms with E-state index in [9.17, 15) is 19.2 Å². The van der Waals surface area contributed by atoms with E-state index in [2.05, 4.69) is 10.6 Å². The lowest BCUT2D eigenvalue weighted by Crippen LogP contribution is -2.42. The van der Waals surface area contributed by atoms with Crippen LogP contribution < -0.4 is 10.6 Å². The molecule has 0 radical (unpaired) electrons. The number of hydrogen-bond donors (Lipinski definition) is 2. The van der Waals surface area contributed by atoms with E-state index in [0.29, 0.717) is 39.3 Å². The summed E-state index contributed by atoms with van der Waals surface area (Å²) in [6.45, 7) is 3.03. The van der Waals surface area contributed by atoms with Gasteiger partial charge in [-0.15, -0.1) is 0 Å². The van der Waals surface area contributed by atoms with Crippen LogP contribution in [0.3, 0.4) is 0 Å². The van der Waals surface area contributed by atoms with Gasteiger partial charge in [0.1, 0.15) is 0 Å². The van der Waals surface area contributed by atoms with Gasteiger partial charge < -0.3 is 20.1 Å². The van der Waals surface area contributed by atoms with Crippen molar-refractivity contribution in [2.24, 2.45) is 23.7 Å². The Bertz CT molecular complexity index is 799. The van der Waals surface area contributed by atoms with E-state index in [0.717, 1.165) is 0 Å². The van der Waals surface area contributed by atoms with Crippen LogP contribution in [0.25, 0.3) is 0 Å². The predicted molar refractivity (Wildman–Crippen MR) is 109 cm³/mol. The summed E-state index contributed by atoms with van der Waals surface area (Å²) >= 11 is 0. The molecule has 8 unspecified atom stereocenters. The maximum atomic E-state index is 12.6. The monoisotopic (exact) mass is 442 g/mol. The highest BCUT2D eigenvalue weighted by atomic mass is 16.5. The smallest absolute Gasteiger partial charge is 0.236 e. The summed E-state index contributed by atoms with van der Waals surface area (Å²) in [5, 5.41) is 6.46. The van der Waals surface area contributed by atoms with Crippen molar-refractivity contribution in [2.45, 2.75) is 24.4 Å². The van der Waals surface area contributed by atoms with E-state index in [4.69, 9.17) is 9.47 Å². The molecule has 170 valence electrons. The zero-order valence-corrected chi connectivity index (χ0v) is 17.5. The highest BCUT2D eigenvalue weighted by Crippen LogP contribution is 2.45. The molecule has 4 amide bonds. The summed E-state index contributed by atoms with van der Waals surface area (Å²) < 4.78 is 11.3.